The SMILES string of the molecule is C=C(C)C(=O)[O-].C=C(C)C(=O)[O-].C=CC(=O)[O-]. The highest BCUT2D eigenvalue weighted by Crippen LogP contribution is 1.77. The van der Waals surface area contributed by atoms with Crippen LogP contribution in [0.3, 0.4) is 0 Å². The smallest absolute Gasteiger partial charge is 0.0666 e. The Morgan fingerprint density at radius 3 is 1.00 bits per heavy atom. The predicted molar refractivity (Wildman–Crippen MR) is 54.8 cm³/mol. The van der Waals surface area contributed by atoms with Crippen molar-refractivity contribution < 1.29 is 29.7 Å². The molecule has 0 saturated heterocycles. The van der Waals surface area contributed by atoms with E-state index in [1.807, 2.05) is 0 Å². The van der Waals surface area contributed by atoms with E-state index in [-0.39, 0.29) is 11.1 Å². The lowest BCUT2D eigenvalue weighted by atomic mass is 10.4. The maximum absolute atomic E-state index is 9.49. The second-order valence-electron chi connectivity index (χ2n) is 2.66. The number of carbonyl (C=O) groups is 3. The molecule has 0 aliphatic rings. The summed E-state index contributed by atoms with van der Waals surface area (Å²) < 4.78 is 0. The number of hydrogen-bond acceptors (Lipinski definition) is 6. The molecule has 0 atom stereocenters. The molecule has 96 valence electrons. The number of aliphatic carboxylic acids is 3. The summed E-state index contributed by atoms with van der Waals surface area (Å²) in [5.74, 6) is -3.60. The molecule has 0 amide bonds. The van der Waals surface area contributed by atoms with E-state index in [0.29, 0.717) is 0 Å². The molecule has 17 heavy (non-hydrogen) atoms. The topological polar surface area (TPSA) is 120 Å². The van der Waals surface area contributed by atoms with Crippen molar-refractivity contribution in [1.82, 2.24) is 0 Å². The first-order chi connectivity index (χ1) is 7.56. The Balaban J connectivity index is -0.000000174. The second kappa shape index (κ2) is 11.7. The van der Waals surface area contributed by atoms with Crippen LogP contribution >= 0.6 is 0 Å². The van der Waals surface area contributed by atoms with E-state index in [0.717, 1.165) is 6.08 Å². The van der Waals surface area contributed by atoms with Crippen LogP contribution in [0.5, 0.6) is 0 Å². The average molecular weight is 241 g/mol. The van der Waals surface area contributed by atoms with E-state index in [1.165, 1.54) is 13.8 Å². The van der Waals surface area contributed by atoms with Crippen molar-refractivity contribution in [3.63, 3.8) is 0 Å². The van der Waals surface area contributed by atoms with Crippen LogP contribution in [-0.4, -0.2) is 17.9 Å². The number of carboxylic acid groups (broad SMARTS) is 3. The maximum Gasteiger partial charge on any atom is 0.0666 e. The lowest BCUT2D eigenvalue weighted by Crippen LogP contribution is -2.22. The van der Waals surface area contributed by atoms with Crippen molar-refractivity contribution >= 4 is 17.9 Å². The van der Waals surface area contributed by atoms with Gasteiger partial charge >= 0.3 is 0 Å². The molecule has 6 heteroatoms. The first kappa shape index (κ1) is 20.1. The Kier molecular flexibility index (Phi) is 13.8. The van der Waals surface area contributed by atoms with Gasteiger partial charge in [-0.2, -0.15) is 0 Å². The monoisotopic (exact) mass is 241 g/mol. The van der Waals surface area contributed by atoms with E-state index in [1.54, 1.807) is 0 Å². The van der Waals surface area contributed by atoms with Crippen molar-refractivity contribution in [2.45, 2.75) is 13.8 Å². The number of hydrogen-bond donors (Lipinski definition) is 0. The Bertz CT molecular complexity index is 279. The zero-order chi connectivity index (χ0) is 14.6. The van der Waals surface area contributed by atoms with Gasteiger partial charge in [-0.1, -0.05) is 19.7 Å². The molecule has 0 aromatic heterocycles. The fourth-order valence-corrected chi connectivity index (χ4v) is 0. The summed E-state index contributed by atoms with van der Waals surface area (Å²) in [6, 6.07) is 0. The van der Waals surface area contributed by atoms with Gasteiger partial charge in [0, 0.05) is 0 Å². The summed E-state index contributed by atoms with van der Waals surface area (Å²) >= 11 is 0. The minimum atomic E-state index is -1.23. The summed E-state index contributed by atoms with van der Waals surface area (Å²) in [5.41, 5.74) is 0.130. The third-order valence-electron chi connectivity index (χ3n) is 0.864. The molecule has 0 unspecified atom stereocenters. The largest absolute Gasteiger partial charge is 0.545 e. The highest BCUT2D eigenvalue weighted by Gasteiger charge is 1.76. The maximum atomic E-state index is 9.49. The van der Waals surface area contributed by atoms with E-state index in [9.17, 15) is 19.8 Å². The summed E-state index contributed by atoms with van der Waals surface area (Å²) in [6.07, 6.45) is 0.722. The molecule has 0 aliphatic heterocycles. The fraction of sp³-hybridized carbons (Fsp3) is 0.182. The minimum absolute atomic E-state index is 0.0648. The third-order valence-corrected chi connectivity index (χ3v) is 0.864. The molecule has 0 radical (unpaired) electrons. The Morgan fingerprint density at radius 2 is 1.00 bits per heavy atom. The molecule has 0 N–H and O–H groups in total. The van der Waals surface area contributed by atoms with Crippen molar-refractivity contribution in [2.24, 2.45) is 0 Å². The van der Waals surface area contributed by atoms with Crippen molar-refractivity contribution in [3.8, 4) is 0 Å². The highest BCUT2D eigenvalue weighted by atomic mass is 16.4. The second-order valence-corrected chi connectivity index (χ2v) is 2.66. The van der Waals surface area contributed by atoms with Crippen LogP contribution in [0, 0.1) is 0 Å². The Hall–Kier alpha value is -2.37. The van der Waals surface area contributed by atoms with Gasteiger partial charge in [0.15, 0.2) is 0 Å². The molecule has 0 saturated carbocycles. The van der Waals surface area contributed by atoms with Gasteiger partial charge in [0.2, 0.25) is 0 Å². The van der Waals surface area contributed by atoms with Gasteiger partial charge in [-0.25, -0.2) is 0 Å². The average Bonchev–Trinajstić information content (AvgIpc) is 2.19. The first-order valence-electron chi connectivity index (χ1n) is 4.13. The quantitative estimate of drug-likeness (QED) is 0.505. The Labute approximate surface area is 99.2 Å². The van der Waals surface area contributed by atoms with Gasteiger partial charge in [-0.3, -0.25) is 0 Å². The number of rotatable bonds is 3. The highest BCUT2D eigenvalue weighted by molar-refractivity contribution is 5.83. The lowest BCUT2D eigenvalue weighted by molar-refractivity contribution is -0.300. The van der Waals surface area contributed by atoms with Gasteiger partial charge in [-0.05, 0) is 31.1 Å². The minimum Gasteiger partial charge on any atom is -0.545 e. The van der Waals surface area contributed by atoms with Crippen LogP contribution in [0.4, 0.5) is 0 Å². The lowest BCUT2D eigenvalue weighted by Gasteiger charge is -1.93. The van der Waals surface area contributed by atoms with Gasteiger partial charge in [0.25, 0.3) is 0 Å². The number of carbonyl (C=O) groups excluding carboxylic acids is 3. The van der Waals surface area contributed by atoms with Crippen LogP contribution in [0.2, 0.25) is 0 Å². The molecule has 0 fully saturated rings. The molecule has 0 aliphatic carbocycles. The first-order valence-corrected chi connectivity index (χ1v) is 4.13. The molecule has 0 rings (SSSR count). The molecule has 0 aromatic rings. The zero-order valence-electron chi connectivity index (χ0n) is 9.65. The zero-order valence-corrected chi connectivity index (χ0v) is 9.65. The molecule has 0 spiro atoms. The van der Waals surface area contributed by atoms with E-state index in [4.69, 9.17) is 9.90 Å². The molecule has 6 nitrogen and oxygen atoms in total. The molecule has 0 aromatic carbocycles. The third kappa shape index (κ3) is 31.7. The van der Waals surface area contributed by atoms with E-state index >= 15 is 0 Å². The summed E-state index contributed by atoms with van der Waals surface area (Å²) in [5, 5.41) is 28.1. The van der Waals surface area contributed by atoms with Crippen molar-refractivity contribution in [3.05, 3.63) is 37.0 Å². The summed E-state index contributed by atoms with van der Waals surface area (Å²) in [7, 11) is 0. The normalized spacial score (nSPS) is 7.18. The van der Waals surface area contributed by atoms with Crippen LogP contribution in [0.15, 0.2) is 37.0 Å². The fourth-order valence-electron chi connectivity index (χ4n) is 0. The van der Waals surface area contributed by atoms with E-state index < -0.39 is 17.9 Å². The van der Waals surface area contributed by atoms with Crippen LogP contribution in [-0.2, 0) is 14.4 Å². The van der Waals surface area contributed by atoms with Crippen molar-refractivity contribution in [1.29, 1.82) is 0 Å². The van der Waals surface area contributed by atoms with Crippen LogP contribution in [0.25, 0.3) is 0 Å². The summed E-state index contributed by atoms with van der Waals surface area (Å²) in [4.78, 5) is 28.1. The standard InChI is InChI=1S/2C4H6O2.C3H4O2/c2*1-3(2)4(5)6;1-2-3(4)5/h2*1H2,2H3,(H,5,6);2H,1H2,(H,4,5)/p-3. The summed E-state index contributed by atoms with van der Waals surface area (Å²) in [6.45, 7) is 11.9. The van der Waals surface area contributed by atoms with Gasteiger partial charge in [0.1, 0.15) is 0 Å². The molecule has 0 heterocycles. The van der Waals surface area contributed by atoms with Gasteiger partial charge in [0.05, 0.1) is 17.9 Å². The molecule has 0 bridgehead atoms. The van der Waals surface area contributed by atoms with Crippen LogP contribution < -0.4 is 15.3 Å². The Morgan fingerprint density at radius 1 is 0.882 bits per heavy atom. The van der Waals surface area contributed by atoms with Gasteiger partial charge < -0.3 is 29.7 Å². The predicted octanol–water partition coefficient (Wildman–Crippen LogP) is -2.45. The number of carboxylic acids is 3. The van der Waals surface area contributed by atoms with Crippen LogP contribution in [0.1, 0.15) is 13.8 Å². The van der Waals surface area contributed by atoms with Gasteiger partial charge in [-0.15, -0.1) is 0 Å². The van der Waals surface area contributed by atoms with Crippen molar-refractivity contribution in [2.75, 3.05) is 0 Å². The molecular formula is C11H13O6-3. The molecular weight excluding hydrogens is 228 g/mol. The van der Waals surface area contributed by atoms with E-state index in [2.05, 4.69) is 19.7 Å².